The van der Waals surface area contributed by atoms with Crippen LogP contribution in [0.2, 0.25) is 0 Å². The highest BCUT2D eigenvalue weighted by Gasteiger charge is 2.18. The van der Waals surface area contributed by atoms with Gasteiger partial charge in [-0.1, -0.05) is 42.5 Å². The fraction of sp³-hybridized carbons (Fsp3) is 0.0909. The van der Waals surface area contributed by atoms with E-state index in [0.29, 0.717) is 12.1 Å². The van der Waals surface area contributed by atoms with E-state index in [1.807, 2.05) is 18.2 Å². The lowest BCUT2D eigenvalue weighted by Crippen LogP contribution is -2.28. The molecule has 4 rings (SSSR count). The Morgan fingerprint density at radius 1 is 0.889 bits per heavy atom. The van der Waals surface area contributed by atoms with Crippen molar-refractivity contribution in [2.45, 2.75) is 13.0 Å². The van der Waals surface area contributed by atoms with Crippen LogP contribution >= 0.6 is 0 Å². The summed E-state index contributed by atoms with van der Waals surface area (Å²) in [6, 6.07) is 20.9. The molecule has 0 heterocycles. The molecule has 0 atom stereocenters. The first-order chi connectivity index (χ1) is 13.1. The van der Waals surface area contributed by atoms with Crippen LogP contribution in [0.4, 0.5) is 10.5 Å². The zero-order valence-corrected chi connectivity index (χ0v) is 14.7. The molecule has 3 amide bonds. The summed E-state index contributed by atoms with van der Waals surface area (Å²) in [5.41, 5.74) is 12.3. The van der Waals surface area contributed by atoms with Crippen LogP contribution in [-0.2, 0) is 13.0 Å². The van der Waals surface area contributed by atoms with Gasteiger partial charge in [0.25, 0.3) is 5.91 Å². The van der Waals surface area contributed by atoms with Crippen LogP contribution in [0.15, 0.2) is 66.7 Å². The van der Waals surface area contributed by atoms with Crippen LogP contribution in [-0.4, -0.2) is 11.9 Å². The van der Waals surface area contributed by atoms with Gasteiger partial charge in [-0.15, -0.1) is 0 Å². The zero-order valence-electron chi connectivity index (χ0n) is 14.7. The minimum Gasteiger partial charge on any atom is -0.352 e. The van der Waals surface area contributed by atoms with E-state index in [0.717, 1.165) is 17.7 Å². The molecule has 0 fully saturated rings. The standard InChI is InChI=1S/C22H19N3O2/c23-22(27)24-13-14-5-7-15(8-6-14)21(26)25-18-9-10-20-17(12-18)11-16-3-1-2-4-19(16)20/h1-10,12H,11,13H2,(H,25,26)(H3,23,24,27). The maximum Gasteiger partial charge on any atom is 0.312 e. The van der Waals surface area contributed by atoms with E-state index in [4.69, 9.17) is 5.73 Å². The molecule has 1 aliphatic carbocycles. The number of amides is 3. The Morgan fingerprint density at radius 2 is 1.63 bits per heavy atom. The molecule has 0 saturated carbocycles. The summed E-state index contributed by atoms with van der Waals surface area (Å²) < 4.78 is 0. The monoisotopic (exact) mass is 357 g/mol. The molecule has 0 saturated heterocycles. The molecule has 134 valence electrons. The number of nitrogens with one attached hydrogen (secondary N) is 2. The lowest BCUT2D eigenvalue weighted by Gasteiger charge is -2.09. The molecule has 3 aromatic rings. The van der Waals surface area contributed by atoms with Gasteiger partial charge in [0.2, 0.25) is 0 Å². The molecule has 5 heteroatoms. The fourth-order valence-corrected chi connectivity index (χ4v) is 3.39. The van der Waals surface area contributed by atoms with E-state index in [1.54, 1.807) is 24.3 Å². The Hall–Kier alpha value is -3.60. The van der Waals surface area contributed by atoms with E-state index in [9.17, 15) is 9.59 Å². The second kappa shape index (κ2) is 6.96. The predicted octanol–water partition coefficient (Wildman–Crippen LogP) is 3.68. The molecule has 0 unspecified atom stereocenters. The number of anilines is 1. The number of benzene rings is 3. The van der Waals surface area contributed by atoms with Crippen molar-refractivity contribution >= 4 is 17.6 Å². The Bertz CT molecular complexity index is 1030. The topological polar surface area (TPSA) is 84.2 Å². The molecule has 0 bridgehead atoms. The van der Waals surface area contributed by atoms with E-state index < -0.39 is 6.03 Å². The summed E-state index contributed by atoms with van der Waals surface area (Å²) in [5.74, 6) is -0.167. The predicted molar refractivity (Wildman–Crippen MR) is 106 cm³/mol. The summed E-state index contributed by atoms with van der Waals surface area (Å²) in [4.78, 5) is 23.3. The Morgan fingerprint density at radius 3 is 2.41 bits per heavy atom. The van der Waals surface area contributed by atoms with E-state index in [2.05, 4.69) is 34.9 Å². The van der Waals surface area contributed by atoms with Gasteiger partial charge in [-0.3, -0.25) is 4.79 Å². The van der Waals surface area contributed by atoms with Gasteiger partial charge in [0.05, 0.1) is 0 Å². The van der Waals surface area contributed by atoms with Gasteiger partial charge in [-0.25, -0.2) is 4.79 Å². The Kier molecular flexibility index (Phi) is 4.34. The lowest BCUT2D eigenvalue weighted by atomic mass is 10.1. The number of carbonyl (C=O) groups is 2. The number of hydrogen-bond donors (Lipinski definition) is 3. The molecule has 3 aromatic carbocycles. The Balaban J connectivity index is 1.46. The Labute approximate surface area is 157 Å². The van der Waals surface area contributed by atoms with Crippen molar-refractivity contribution in [1.82, 2.24) is 5.32 Å². The van der Waals surface area contributed by atoms with Gasteiger partial charge < -0.3 is 16.4 Å². The van der Waals surface area contributed by atoms with Gasteiger partial charge in [0.1, 0.15) is 0 Å². The van der Waals surface area contributed by atoms with E-state index in [1.165, 1.54) is 22.3 Å². The second-order valence-corrected chi connectivity index (χ2v) is 6.57. The molecular weight excluding hydrogens is 338 g/mol. The third kappa shape index (κ3) is 3.53. The summed E-state index contributed by atoms with van der Waals surface area (Å²) in [5, 5.41) is 5.48. The van der Waals surface area contributed by atoms with Crippen molar-refractivity contribution in [2.24, 2.45) is 5.73 Å². The molecule has 5 nitrogen and oxygen atoms in total. The highest BCUT2D eigenvalue weighted by atomic mass is 16.2. The van der Waals surface area contributed by atoms with Crippen LogP contribution in [0.25, 0.3) is 11.1 Å². The first kappa shape index (κ1) is 16.8. The van der Waals surface area contributed by atoms with Crippen molar-refractivity contribution in [1.29, 1.82) is 0 Å². The number of urea groups is 1. The third-order valence-corrected chi connectivity index (χ3v) is 4.73. The SMILES string of the molecule is NC(=O)NCc1ccc(C(=O)Nc2ccc3c(c2)Cc2ccccc2-3)cc1. The van der Waals surface area contributed by atoms with E-state index >= 15 is 0 Å². The number of rotatable bonds is 4. The molecule has 0 spiro atoms. The molecular formula is C22H19N3O2. The average molecular weight is 357 g/mol. The molecule has 0 aliphatic heterocycles. The van der Waals surface area contributed by atoms with Gasteiger partial charge >= 0.3 is 6.03 Å². The normalized spacial score (nSPS) is 11.4. The average Bonchev–Trinajstić information content (AvgIpc) is 3.04. The minimum absolute atomic E-state index is 0.167. The first-order valence-corrected chi connectivity index (χ1v) is 8.75. The third-order valence-electron chi connectivity index (χ3n) is 4.73. The number of primary amides is 1. The number of nitrogens with two attached hydrogens (primary N) is 1. The molecule has 4 N–H and O–H groups in total. The quantitative estimate of drug-likeness (QED) is 0.520. The van der Waals surface area contributed by atoms with Crippen LogP contribution in [0.3, 0.4) is 0 Å². The first-order valence-electron chi connectivity index (χ1n) is 8.75. The van der Waals surface area contributed by atoms with Gasteiger partial charge in [-0.2, -0.15) is 0 Å². The maximum atomic E-state index is 12.5. The second-order valence-electron chi connectivity index (χ2n) is 6.57. The van der Waals surface area contributed by atoms with Gasteiger partial charge in [-0.05, 0) is 58.5 Å². The molecule has 0 aromatic heterocycles. The number of fused-ring (bicyclic) bond motifs is 3. The summed E-state index contributed by atoms with van der Waals surface area (Å²) in [6.07, 6.45) is 0.886. The van der Waals surface area contributed by atoms with Gasteiger partial charge in [0.15, 0.2) is 0 Å². The van der Waals surface area contributed by atoms with Crippen molar-refractivity contribution in [2.75, 3.05) is 5.32 Å². The molecule has 1 aliphatic rings. The van der Waals surface area contributed by atoms with Crippen molar-refractivity contribution < 1.29 is 9.59 Å². The van der Waals surface area contributed by atoms with E-state index in [-0.39, 0.29) is 5.91 Å². The molecule has 27 heavy (non-hydrogen) atoms. The number of carbonyl (C=O) groups excluding carboxylic acids is 2. The summed E-state index contributed by atoms with van der Waals surface area (Å²) >= 11 is 0. The fourth-order valence-electron chi connectivity index (χ4n) is 3.39. The summed E-state index contributed by atoms with van der Waals surface area (Å²) in [7, 11) is 0. The van der Waals surface area contributed by atoms with Gasteiger partial charge in [0, 0.05) is 17.8 Å². The van der Waals surface area contributed by atoms with Crippen molar-refractivity contribution in [3.8, 4) is 11.1 Å². The largest absolute Gasteiger partial charge is 0.352 e. The maximum absolute atomic E-state index is 12.5. The van der Waals surface area contributed by atoms with Crippen molar-refractivity contribution in [3.63, 3.8) is 0 Å². The highest BCUT2D eigenvalue weighted by Crippen LogP contribution is 2.37. The van der Waals surface area contributed by atoms with Crippen molar-refractivity contribution in [3.05, 3.63) is 89.0 Å². The summed E-state index contributed by atoms with van der Waals surface area (Å²) in [6.45, 7) is 0.336. The smallest absolute Gasteiger partial charge is 0.312 e. The highest BCUT2D eigenvalue weighted by molar-refractivity contribution is 6.04. The van der Waals surface area contributed by atoms with Crippen LogP contribution in [0.5, 0.6) is 0 Å². The zero-order chi connectivity index (χ0) is 18.8. The van der Waals surface area contributed by atoms with Crippen LogP contribution in [0, 0.1) is 0 Å². The number of hydrogen-bond acceptors (Lipinski definition) is 2. The van der Waals surface area contributed by atoms with Crippen LogP contribution < -0.4 is 16.4 Å². The minimum atomic E-state index is -0.574. The molecule has 0 radical (unpaired) electrons. The lowest BCUT2D eigenvalue weighted by molar-refractivity contribution is 0.102. The van der Waals surface area contributed by atoms with Crippen LogP contribution in [0.1, 0.15) is 27.0 Å².